The molecule has 1 aliphatic rings. The normalized spacial score (nSPS) is 17.6. The summed E-state index contributed by atoms with van der Waals surface area (Å²) in [7, 11) is 3.15. The molecule has 2 atom stereocenters. The van der Waals surface area contributed by atoms with Crippen LogP contribution < -0.4 is 20.1 Å². The van der Waals surface area contributed by atoms with Gasteiger partial charge in [-0.15, -0.1) is 0 Å². The highest BCUT2D eigenvalue weighted by Gasteiger charge is 2.35. The van der Waals surface area contributed by atoms with E-state index in [1.165, 1.54) is 24.3 Å². The van der Waals surface area contributed by atoms with Crippen molar-refractivity contribution in [3.63, 3.8) is 0 Å². The Morgan fingerprint density at radius 1 is 0.865 bits per heavy atom. The molecule has 1 aliphatic heterocycles. The molecule has 0 unspecified atom stereocenters. The lowest BCUT2D eigenvalue weighted by molar-refractivity contribution is -0.130. The SMILES string of the molecule is COc1ccc(CNC(=O)[C@H]2C[C@@H](C(=O)Nc3ccc(F)cc3)CN(Cc3ccccc3)C2)cc1OC. The zero-order chi connectivity index (χ0) is 26.2. The van der Waals surface area contributed by atoms with Crippen LogP contribution >= 0.6 is 0 Å². The maximum absolute atomic E-state index is 13.3. The monoisotopic (exact) mass is 505 g/mol. The number of amides is 2. The topological polar surface area (TPSA) is 79.9 Å². The van der Waals surface area contributed by atoms with Crippen LogP contribution in [0.3, 0.4) is 0 Å². The van der Waals surface area contributed by atoms with Gasteiger partial charge in [-0.1, -0.05) is 36.4 Å². The zero-order valence-corrected chi connectivity index (χ0v) is 21.1. The molecule has 1 heterocycles. The minimum Gasteiger partial charge on any atom is -0.493 e. The second-order valence-electron chi connectivity index (χ2n) is 9.21. The van der Waals surface area contributed by atoms with Crippen molar-refractivity contribution in [1.82, 2.24) is 10.2 Å². The minimum atomic E-state index is -0.389. The number of anilines is 1. The predicted molar refractivity (Wildman–Crippen MR) is 140 cm³/mol. The van der Waals surface area contributed by atoms with Gasteiger partial charge in [0.1, 0.15) is 5.82 Å². The zero-order valence-electron chi connectivity index (χ0n) is 21.1. The van der Waals surface area contributed by atoms with Gasteiger partial charge >= 0.3 is 0 Å². The fourth-order valence-electron chi connectivity index (χ4n) is 4.64. The fraction of sp³-hybridized carbons (Fsp3) is 0.310. The molecule has 0 spiro atoms. The van der Waals surface area contributed by atoms with Crippen molar-refractivity contribution in [2.24, 2.45) is 11.8 Å². The molecule has 0 aliphatic carbocycles. The van der Waals surface area contributed by atoms with Gasteiger partial charge < -0.3 is 20.1 Å². The van der Waals surface area contributed by atoms with Crippen molar-refractivity contribution in [3.05, 3.63) is 89.7 Å². The van der Waals surface area contributed by atoms with Crippen LogP contribution in [0.4, 0.5) is 10.1 Å². The van der Waals surface area contributed by atoms with Crippen LogP contribution in [0, 0.1) is 17.7 Å². The summed E-state index contributed by atoms with van der Waals surface area (Å²) in [4.78, 5) is 28.5. The number of nitrogens with one attached hydrogen (secondary N) is 2. The maximum atomic E-state index is 13.3. The number of carbonyl (C=O) groups excluding carboxylic acids is 2. The minimum absolute atomic E-state index is 0.105. The number of halogens is 1. The van der Waals surface area contributed by atoms with Gasteiger partial charge in [0.2, 0.25) is 11.8 Å². The standard InChI is InChI=1S/C29H32FN3O4/c1-36-26-13-8-21(14-27(26)37-2)16-31-28(34)22-15-23(29(35)32-25-11-9-24(30)10-12-25)19-33(18-22)17-20-6-4-3-5-7-20/h3-14,22-23H,15-19H2,1-2H3,(H,31,34)(H,32,35)/t22-,23+/m0/s1. The van der Waals surface area contributed by atoms with Gasteiger partial charge in [0.25, 0.3) is 0 Å². The first-order chi connectivity index (χ1) is 17.9. The number of likely N-dealkylation sites (tertiary alicyclic amines) is 1. The van der Waals surface area contributed by atoms with E-state index in [2.05, 4.69) is 15.5 Å². The highest BCUT2D eigenvalue weighted by atomic mass is 19.1. The molecular formula is C29H32FN3O4. The smallest absolute Gasteiger partial charge is 0.228 e. The van der Waals surface area contributed by atoms with Gasteiger partial charge in [-0.25, -0.2) is 4.39 Å². The molecule has 194 valence electrons. The van der Waals surface area contributed by atoms with Crippen LogP contribution in [0.25, 0.3) is 0 Å². The Labute approximate surface area is 216 Å². The highest BCUT2D eigenvalue weighted by molar-refractivity contribution is 5.93. The van der Waals surface area contributed by atoms with E-state index >= 15 is 0 Å². The van der Waals surface area contributed by atoms with Gasteiger partial charge in [-0.2, -0.15) is 0 Å². The summed E-state index contributed by atoms with van der Waals surface area (Å²) < 4.78 is 23.9. The molecule has 0 saturated carbocycles. The third-order valence-corrected chi connectivity index (χ3v) is 6.54. The Morgan fingerprint density at radius 3 is 2.22 bits per heavy atom. The summed E-state index contributed by atoms with van der Waals surface area (Å²) in [5.41, 5.74) is 2.53. The van der Waals surface area contributed by atoms with E-state index in [0.717, 1.165) is 11.1 Å². The molecular weight excluding hydrogens is 473 g/mol. The maximum Gasteiger partial charge on any atom is 0.228 e. The van der Waals surface area contributed by atoms with Crippen molar-refractivity contribution in [3.8, 4) is 11.5 Å². The Bertz CT molecular complexity index is 1200. The molecule has 2 amide bonds. The number of carbonyl (C=O) groups is 2. The highest BCUT2D eigenvalue weighted by Crippen LogP contribution is 2.28. The van der Waals surface area contributed by atoms with Crippen LogP contribution in [0.2, 0.25) is 0 Å². The number of benzene rings is 3. The van der Waals surface area contributed by atoms with Gasteiger partial charge in [-0.05, 0) is 53.9 Å². The van der Waals surface area contributed by atoms with E-state index in [9.17, 15) is 14.0 Å². The summed E-state index contributed by atoms with van der Waals surface area (Å²) in [6.45, 7) is 2.05. The van der Waals surface area contributed by atoms with E-state index in [1.807, 2.05) is 42.5 Å². The second kappa shape index (κ2) is 12.4. The lowest BCUT2D eigenvalue weighted by atomic mass is 9.87. The Kier molecular flexibility index (Phi) is 8.74. The number of methoxy groups -OCH3 is 2. The van der Waals surface area contributed by atoms with Crippen molar-refractivity contribution >= 4 is 17.5 Å². The van der Waals surface area contributed by atoms with E-state index in [-0.39, 0.29) is 29.5 Å². The quantitative estimate of drug-likeness (QED) is 0.455. The summed E-state index contributed by atoms with van der Waals surface area (Å²) >= 11 is 0. The average Bonchev–Trinajstić information content (AvgIpc) is 2.93. The van der Waals surface area contributed by atoms with Gasteiger partial charge in [0, 0.05) is 31.9 Å². The van der Waals surface area contributed by atoms with E-state index < -0.39 is 0 Å². The summed E-state index contributed by atoms with van der Waals surface area (Å²) in [6.07, 6.45) is 0.427. The lowest BCUT2D eigenvalue weighted by Gasteiger charge is -2.36. The number of piperidine rings is 1. The molecule has 0 radical (unpaired) electrons. The van der Waals surface area contributed by atoms with Crippen LogP contribution in [0.5, 0.6) is 11.5 Å². The number of rotatable bonds is 9. The Morgan fingerprint density at radius 2 is 1.54 bits per heavy atom. The molecule has 3 aromatic carbocycles. The van der Waals surface area contributed by atoms with Crippen molar-refractivity contribution in [1.29, 1.82) is 0 Å². The number of hydrogen-bond donors (Lipinski definition) is 2. The van der Waals surface area contributed by atoms with E-state index in [4.69, 9.17) is 9.47 Å². The van der Waals surface area contributed by atoms with Gasteiger partial charge in [0.15, 0.2) is 11.5 Å². The molecule has 8 heteroatoms. The van der Waals surface area contributed by atoms with Crippen LogP contribution in [-0.4, -0.2) is 44.0 Å². The summed E-state index contributed by atoms with van der Waals surface area (Å²) in [5.74, 6) is -0.180. The molecule has 1 fully saturated rings. The van der Waals surface area contributed by atoms with E-state index in [1.54, 1.807) is 20.3 Å². The molecule has 2 N–H and O–H groups in total. The lowest BCUT2D eigenvalue weighted by Crippen LogP contribution is -2.48. The molecule has 1 saturated heterocycles. The van der Waals surface area contributed by atoms with Crippen molar-refractivity contribution in [2.45, 2.75) is 19.5 Å². The average molecular weight is 506 g/mol. The van der Waals surface area contributed by atoms with Crippen LogP contribution in [0.1, 0.15) is 17.5 Å². The molecule has 37 heavy (non-hydrogen) atoms. The Hall–Kier alpha value is -3.91. The van der Waals surface area contributed by atoms with E-state index in [0.29, 0.717) is 49.8 Å². The third kappa shape index (κ3) is 7.07. The first-order valence-electron chi connectivity index (χ1n) is 12.3. The fourth-order valence-corrected chi connectivity index (χ4v) is 4.64. The van der Waals surface area contributed by atoms with Crippen molar-refractivity contribution < 1.29 is 23.5 Å². The van der Waals surface area contributed by atoms with Crippen LogP contribution in [0.15, 0.2) is 72.8 Å². The first kappa shape index (κ1) is 26.2. The molecule has 4 rings (SSSR count). The summed E-state index contributed by atoms with van der Waals surface area (Å²) in [6, 6.07) is 21.2. The number of ether oxygens (including phenoxy) is 2. The largest absolute Gasteiger partial charge is 0.493 e. The third-order valence-electron chi connectivity index (χ3n) is 6.54. The van der Waals surface area contributed by atoms with Crippen molar-refractivity contribution in [2.75, 3.05) is 32.6 Å². The second-order valence-corrected chi connectivity index (χ2v) is 9.21. The Balaban J connectivity index is 1.45. The number of hydrogen-bond acceptors (Lipinski definition) is 5. The first-order valence-corrected chi connectivity index (χ1v) is 12.3. The van der Waals surface area contributed by atoms with Gasteiger partial charge in [-0.3, -0.25) is 14.5 Å². The number of nitrogens with zero attached hydrogens (tertiary/aromatic N) is 1. The van der Waals surface area contributed by atoms with Gasteiger partial charge in [0.05, 0.1) is 26.1 Å². The molecule has 0 bridgehead atoms. The molecule has 7 nitrogen and oxygen atoms in total. The molecule has 3 aromatic rings. The molecule has 0 aromatic heterocycles. The summed E-state index contributed by atoms with van der Waals surface area (Å²) in [5, 5.41) is 5.90. The van der Waals surface area contributed by atoms with Crippen LogP contribution in [-0.2, 0) is 22.7 Å². The predicted octanol–water partition coefficient (Wildman–Crippen LogP) is 4.24.